The fraction of sp³-hybridized carbons (Fsp3) is 0.450. The third-order valence-corrected chi connectivity index (χ3v) is 16.2. The Balaban J connectivity index is 1.22. The van der Waals surface area contributed by atoms with E-state index in [1.165, 1.54) is 5.19 Å². The van der Waals surface area contributed by atoms with Crippen molar-refractivity contribution in [1.29, 1.82) is 0 Å². The van der Waals surface area contributed by atoms with Gasteiger partial charge < -0.3 is 30.1 Å². The normalized spacial score (nSPS) is 24.1. The minimum atomic E-state index is -2.35. The Morgan fingerprint density at radius 3 is 2.72 bits per heavy atom. The van der Waals surface area contributed by atoms with Gasteiger partial charge in [-0.3, -0.25) is 14.3 Å². The summed E-state index contributed by atoms with van der Waals surface area (Å²) in [5, 5.41) is 26.2. The van der Waals surface area contributed by atoms with Crippen LogP contribution >= 0.6 is 11.6 Å². The van der Waals surface area contributed by atoms with Crippen LogP contribution in [-0.2, 0) is 39.4 Å². The molecule has 13 heteroatoms. The molecule has 0 aliphatic carbocycles. The topological polar surface area (TPSA) is 131 Å². The fourth-order valence-corrected chi connectivity index (χ4v) is 13.1. The number of nitrogens with zero attached hydrogens (tertiary/aromatic N) is 4. The third kappa shape index (κ3) is 7.15. The van der Waals surface area contributed by atoms with Crippen molar-refractivity contribution >= 4 is 48.1 Å². The Kier molecular flexibility index (Phi) is 10.8. The summed E-state index contributed by atoms with van der Waals surface area (Å²) < 4.78 is 14.5. The van der Waals surface area contributed by atoms with Crippen LogP contribution < -0.4 is 25.5 Å². The highest BCUT2D eigenvalue weighted by atomic mass is 35.5. The van der Waals surface area contributed by atoms with Crippen molar-refractivity contribution in [3.8, 4) is 5.75 Å². The lowest BCUT2D eigenvalue weighted by atomic mass is 9.82. The summed E-state index contributed by atoms with van der Waals surface area (Å²) >= 11 is 6.71. The van der Waals surface area contributed by atoms with Gasteiger partial charge in [-0.15, -0.1) is 5.10 Å². The summed E-state index contributed by atoms with van der Waals surface area (Å²) in [7, 11) is -0.684. The van der Waals surface area contributed by atoms with Crippen molar-refractivity contribution in [2.75, 3.05) is 37.0 Å². The molecule has 7 rings (SSSR count). The number of carbonyl (C=O) groups is 2. The molecule has 1 spiro atoms. The molecule has 1 unspecified atom stereocenters. The third-order valence-electron chi connectivity index (χ3n) is 11.6. The van der Waals surface area contributed by atoms with Crippen LogP contribution in [0.3, 0.4) is 0 Å². The Bertz CT molecular complexity index is 1950. The first-order valence-corrected chi connectivity index (χ1v) is 22.1. The Hall–Kier alpha value is -4.07. The molecule has 4 heterocycles. The van der Waals surface area contributed by atoms with Crippen molar-refractivity contribution in [1.82, 2.24) is 20.3 Å². The number of carbonyl (C=O) groups excluding carboxylic acids is 2. The maximum Gasteiger partial charge on any atom is 0.264 e. The number of benzene rings is 3. The van der Waals surface area contributed by atoms with Crippen LogP contribution in [0.4, 0.5) is 11.4 Å². The minimum absolute atomic E-state index is 0.00583. The van der Waals surface area contributed by atoms with E-state index in [0.717, 1.165) is 47.6 Å². The highest BCUT2D eigenvalue weighted by Crippen LogP contribution is 2.60. The Morgan fingerprint density at radius 2 is 1.98 bits per heavy atom. The van der Waals surface area contributed by atoms with Crippen LogP contribution in [0.1, 0.15) is 43.0 Å². The molecule has 0 bridgehead atoms. The minimum Gasteiger partial charge on any atom is -0.497 e. The number of anilines is 2. The molecule has 11 nitrogen and oxygen atoms in total. The van der Waals surface area contributed by atoms with Crippen molar-refractivity contribution < 1.29 is 24.2 Å². The number of fused-ring (bicyclic) bond motifs is 2. The zero-order chi connectivity index (χ0) is 37.3. The Morgan fingerprint density at radius 1 is 1.17 bits per heavy atom. The molecule has 5 atom stereocenters. The van der Waals surface area contributed by atoms with E-state index in [-0.39, 0.29) is 41.9 Å². The molecule has 0 radical (unpaired) electrons. The number of aliphatic hydroxyl groups is 1. The van der Waals surface area contributed by atoms with Gasteiger partial charge in [-0.1, -0.05) is 66.3 Å². The van der Waals surface area contributed by atoms with Gasteiger partial charge in [0.25, 0.3) is 5.91 Å². The van der Waals surface area contributed by atoms with Crippen LogP contribution in [0, 0.1) is 11.8 Å². The number of aliphatic hydroxyl groups excluding tert-OH is 1. The van der Waals surface area contributed by atoms with E-state index in [0.29, 0.717) is 43.2 Å². The van der Waals surface area contributed by atoms with Crippen LogP contribution in [-0.4, -0.2) is 72.9 Å². The zero-order valence-corrected chi connectivity index (χ0v) is 32.6. The lowest BCUT2D eigenvalue weighted by Gasteiger charge is -2.37. The number of halogens is 1. The summed E-state index contributed by atoms with van der Waals surface area (Å²) in [5.74, 6) is 0.440. The number of methoxy groups -OCH3 is 1. The Labute approximate surface area is 317 Å². The predicted octanol–water partition coefficient (Wildman–Crippen LogP) is 5.27. The van der Waals surface area contributed by atoms with Crippen LogP contribution in [0.15, 0.2) is 72.9 Å². The highest BCUT2D eigenvalue weighted by molar-refractivity contribution is 6.91. The smallest absolute Gasteiger partial charge is 0.264 e. The number of aryl methyl sites for hydroxylation is 1. The first-order valence-electron chi connectivity index (χ1n) is 18.6. The lowest BCUT2D eigenvalue weighted by molar-refractivity contribution is -0.146. The lowest BCUT2D eigenvalue weighted by Crippen LogP contribution is -2.51. The molecule has 2 fully saturated rings. The molecule has 2 amide bonds. The van der Waals surface area contributed by atoms with Gasteiger partial charge in [0.05, 0.1) is 45.1 Å². The van der Waals surface area contributed by atoms with Crippen LogP contribution in [0.5, 0.6) is 5.75 Å². The number of piperidine rings is 1. The molecule has 0 saturated carbocycles. The first kappa shape index (κ1) is 37.3. The average molecular weight is 757 g/mol. The van der Waals surface area contributed by atoms with Gasteiger partial charge in [0.1, 0.15) is 5.75 Å². The molecule has 3 aliphatic heterocycles. The second kappa shape index (κ2) is 15.3. The molecule has 1 aromatic heterocycles. The molecule has 53 heavy (non-hydrogen) atoms. The van der Waals surface area contributed by atoms with Gasteiger partial charge >= 0.3 is 0 Å². The molecule has 2 saturated heterocycles. The highest BCUT2D eigenvalue weighted by Gasteiger charge is 2.66. The van der Waals surface area contributed by atoms with Gasteiger partial charge in [0.15, 0.2) is 5.60 Å². The molecule has 3 aliphatic rings. The molecule has 3 N–H and O–H groups in total. The number of rotatable bonds is 12. The molecule has 3 aromatic carbocycles. The quantitative estimate of drug-likeness (QED) is 0.167. The van der Waals surface area contributed by atoms with E-state index < -0.39 is 13.7 Å². The van der Waals surface area contributed by atoms with Crippen molar-refractivity contribution in [2.24, 2.45) is 11.8 Å². The number of nitrogens with one attached hydrogen (secondary N) is 2. The van der Waals surface area contributed by atoms with Gasteiger partial charge in [0, 0.05) is 54.5 Å². The number of hydrogen-bond donors (Lipinski definition) is 3. The van der Waals surface area contributed by atoms with Crippen molar-refractivity contribution in [2.45, 2.75) is 76.0 Å². The predicted molar refractivity (Wildman–Crippen MR) is 208 cm³/mol. The van der Waals surface area contributed by atoms with Gasteiger partial charge in [-0.2, -0.15) is 0 Å². The SMILES string of the molecule is COc1ccc([Si](C)(C)[C@@H]2[C@@H](CCn3cc(CCO)nn3)O[C@]3(C(=O)N(Cc4cccc(NC(=O)C5CCCNC5)c4)c4ccc(Cl)cc43)[C@H]2C)cc1. The summed E-state index contributed by atoms with van der Waals surface area (Å²) in [5.41, 5.74) is 2.69. The maximum absolute atomic E-state index is 15.2. The van der Waals surface area contributed by atoms with Gasteiger partial charge in [-0.05, 0) is 79.4 Å². The summed E-state index contributed by atoms with van der Waals surface area (Å²) in [6, 6.07) is 21.7. The molecule has 280 valence electrons. The fourth-order valence-electron chi connectivity index (χ4n) is 8.90. The monoisotopic (exact) mass is 756 g/mol. The van der Waals surface area contributed by atoms with E-state index in [1.54, 1.807) is 11.8 Å². The number of hydrogen-bond acceptors (Lipinski definition) is 8. The van der Waals surface area contributed by atoms with E-state index >= 15 is 4.79 Å². The second-order valence-corrected chi connectivity index (χ2v) is 20.3. The summed E-state index contributed by atoms with van der Waals surface area (Å²) in [6.07, 6.45) is 4.49. The van der Waals surface area contributed by atoms with Gasteiger partial charge in [0.2, 0.25) is 5.91 Å². The molecular formula is C40H49ClN6O5Si. The largest absolute Gasteiger partial charge is 0.497 e. The van der Waals surface area contributed by atoms with Crippen LogP contribution in [0.2, 0.25) is 23.7 Å². The second-order valence-electron chi connectivity index (χ2n) is 15.2. The van der Waals surface area contributed by atoms with Crippen LogP contribution in [0.25, 0.3) is 0 Å². The molecular weight excluding hydrogens is 708 g/mol. The summed E-state index contributed by atoms with van der Waals surface area (Å²) in [6.45, 7) is 9.37. The van der Waals surface area contributed by atoms with E-state index in [4.69, 9.17) is 21.1 Å². The average Bonchev–Trinajstić information content (AvgIpc) is 3.81. The van der Waals surface area contributed by atoms with Crippen molar-refractivity contribution in [3.63, 3.8) is 0 Å². The number of ether oxygens (including phenoxy) is 2. The van der Waals surface area contributed by atoms with E-state index in [9.17, 15) is 9.90 Å². The van der Waals surface area contributed by atoms with E-state index in [2.05, 4.69) is 53.1 Å². The van der Waals surface area contributed by atoms with Gasteiger partial charge in [-0.25, -0.2) is 0 Å². The number of aromatic nitrogens is 3. The first-order chi connectivity index (χ1) is 25.5. The molecule has 4 aromatic rings. The van der Waals surface area contributed by atoms with Crippen molar-refractivity contribution in [3.05, 3.63) is 94.8 Å². The number of amides is 2. The zero-order valence-electron chi connectivity index (χ0n) is 30.8. The van der Waals surface area contributed by atoms with E-state index in [1.807, 2.05) is 65.7 Å². The standard InChI is InChI=1S/C40H49ClN6O5Si/c1-26-37(53(3,4)33-13-11-32(51-2)12-14-33)36(16-19-46-25-31(17-20-48)44-45-46)52-40(26)34-22-29(41)10-15-35(34)47(39(40)50)24-27-7-5-9-30(21-27)43-38(49)28-8-6-18-42-23-28/h5,7,9-15,21-22,25-26,28,36-37,42,48H,6,8,16-20,23-24H2,1-4H3,(H,43,49)/t26-,28?,36+,37-,40+/m0/s1. The summed E-state index contributed by atoms with van der Waals surface area (Å²) in [4.78, 5) is 30.1. The maximum atomic E-state index is 15.2.